The molecular weight excluding hydrogens is 335 g/mol. The smallest absolute Gasteiger partial charge is 0.333 e. The lowest BCUT2D eigenvalue weighted by Crippen LogP contribution is -2.46. The monoisotopic (exact) mass is 357 g/mol. The molecule has 1 aromatic carbocycles. The van der Waals surface area contributed by atoms with Crippen LogP contribution in [0.2, 0.25) is 0 Å². The minimum absolute atomic E-state index is 0.167. The number of nitrogens with one attached hydrogen (secondary N) is 2. The summed E-state index contributed by atoms with van der Waals surface area (Å²) in [6.45, 7) is 4.85. The van der Waals surface area contributed by atoms with Gasteiger partial charge in [0, 0.05) is 13.1 Å². The first-order valence-corrected chi connectivity index (χ1v) is 8.13. The number of anilines is 1. The molecule has 1 fully saturated rings. The zero-order chi connectivity index (χ0) is 18.7. The van der Waals surface area contributed by atoms with Crippen LogP contribution in [0, 0.1) is 5.41 Å². The molecule has 0 radical (unpaired) electrons. The Morgan fingerprint density at radius 2 is 2.00 bits per heavy atom. The molecule has 1 aliphatic rings. The average Bonchev–Trinajstić information content (AvgIpc) is 2.99. The summed E-state index contributed by atoms with van der Waals surface area (Å²) in [6, 6.07) is 4.78. The van der Waals surface area contributed by atoms with Crippen molar-refractivity contribution in [1.82, 2.24) is 10.2 Å². The van der Waals surface area contributed by atoms with Gasteiger partial charge in [-0.15, -0.1) is 0 Å². The molecule has 138 valence electrons. The van der Waals surface area contributed by atoms with E-state index in [4.69, 9.17) is 0 Å². The van der Waals surface area contributed by atoms with Crippen LogP contribution >= 0.6 is 0 Å². The quantitative estimate of drug-likeness (QED) is 0.851. The molecule has 8 heteroatoms. The van der Waals surface area contributed by atoms with E-state index in [2.05, 4.69) is 10.6 Å². The Kier molecular flexibility index (Phi) is 5.72. The van der Waals surface area contributed by atoms with Gasteiger partial charge in [0.2, 0.25) is 11.8 Å². The van der Waals surface area contributed by atoms with Crippen LogP contribution in [0.4, 0.5) is 18.9 Å². The molecule has 2 rings (SSSR count). The lowest BCUT2D eigenvalue weighted by atomic mass is 9.88. The third-order valence-corrected chi connectivity index (χ3v) is 4.39. The second kappa shape index (κ2) is 7.43. The molecule has 0 saturated carbocycles. The Labute approximate surface area is 144 Å². The van der Waals surface area contributed by atoms with E-state index >= 15 is 0 Å². The second-order valence-electron chi connectivity index (χ2n) is 6.40. The Morgan fingerprint density at radius 1 is 1.32 bits per heavy atom. The van der Waals surface area contributed by atoms with E-state index < -0.39 is 23.1 Å². The lowest BCUT2D eigenvalue weighted by molar-refractivity contribution is -0.142. The number of carbonyl (C=O) groups excluding carboxylic acids is 2. The molecule has 5 nitrogen and oxygen atoms in total. The van der Waals surface area contributed by atoms with E-state index in [0.29, 0.717) is 19.5 Å². The summed E-state index contributed by atoms with van der Waals surface area (Å²) < 4.78 is 39.0. The Balaban J connectivity index is 2.08. The molecule has 1 aromatic rings. The molecule has 0 aliphatic carbocycles. The van der Waals surface area contributed by atoms with Crippen LogP contribution in [0.15, 0.2) is 24.3 Å². The van der Waals surface area contributed by atoms with E-state index in [1.807, 2.05) is 6.92 Å². The minimum Gasteiger partial charge on any atom is -0.333 e. The SMILES string of the molecule is CCN(CC(=O)Nc1ccccc1C(F)(F)F)C(=O)C1(C)CCNC1. The molecule has 2 N–H and O–H groups in total. The summed E-state index contributed by atoms with van der Waals surface area (Å²) in [5.41, 5.74) is -1.80. The van der Waals surface area contributed by atoms with Gasteiger partial charge < -0.3 is 15.5 Å². The van der Waals surface area contributed by atoms with E-state index in [0.717, 1.165) is 12.6 Å². The van der Waals surface area contributed by atoms with Crippen LogP contribution in [0.25, 0.3) is 0 Å². The predicted molar refractivity (Wildman–Crippen MR) is 87.9 cm³/mol. The zero-order valence-corrected chi connectivity index (χ0v) is 14.2. The summed E-state index contributed by atoms with van der Waals surface area (Å²) in [4.78, 5) is 26.2. The highest BCUT2D eigenvalue weighted by Gasteiger charge is 2.39. The highest BCUT2D eigenvalue weighted by molar-refractivity contribution is 5.96. The van der Waals surface area contributed by atoms with Crippen molar-refractivity contribution in [1.29, 1.82) is 0 Å². The number of carbonyl (C=O) groups is 2. The number of halogens is 3. The molecule has 25 heavy (non-hydrogen) atoms. The fourth-order valence-electron chi connectivity index (χ4n) is 2.91. The van der Waals surface area contributed by atoms with Gasteiger partial charge in [0.05, 0.1) is 23.2 Å². The number of para-hydroxylation sites is 1. The first-order valence-electron chi connectivity index (χ1n) is 8.13. The molecule has 0 spiro atoms. The fraction of sp³-hybridized carbons (Fsp3) is 0.529. The van der Waals surface area contributed by atoms with Gasteiger partial charge in [0.1, 0.15) is 0 Å². The van der Waals surface area contributed by atoms with Gasteiger partial charge >= 0.3 is 6.18 Å². The van der Waals surface area contributed by atoms with Crippen molar-refractivity contribution in [3.05, 3.63) is 29.8 Å². The third kappa shape index (κ3) is 4.50. The third-order valence-electron chi connectivity index (χ3n) is 4.39. The standard InChI is InChI=1S/C17H22F3N3O2/c1-3-23(15(25)16(2)8-9-21-11-16)10-14(24)22-13-7-5-4-6-12(13)17(18,19)20/h4-7,21H,3,8-11H2,1-2H3,(H,22,24). The zero-order valence-electron chi connectivity index (χ0n) is 14.2. The number of hydrogen-bond donors (Lipinski definition) is 2. The summed E-state index contributed by atoms with van der Waals surface area (Å²) in [5, 5.41) is 5.39. The summed E-state index contributed by atoms with van der Waals surface area (Å²) in [6.07, 6.45) is -3.89. The maximum atomic E-state index is 13.0. The summed E-state index contributed by atoms with van der Waals surface area (Å²) in [7, 11) is 0. The van der Waals surface area contributed by atoms with E-state index in [1.54, 1.807) is 6.92 Å². The van der Waals surface area contributed by atoms with Crippen LogP contribution in [0.5, 0.6) is 0 Å². The van der Waals surface area contributed by atoms with Crippen LogP contribution < -0.4 is 10.6 Å². The second-order valence-corrected chi connectivity index (χ2v) is 6.40. The van der Waals surface area contributed by atoms with Gasteiger partial charge in [-0.2, -0.15) is 13.2 Å². The van der Waals surface area contributed by atoms with Crippen LogP contribution in [0.3, 0.4) is 0 Å². The number of likely N-dealkylation sites (N-methyl/N-ethyl adjacent to an activating group) is 1. The molecule has 2 amide bonds. The largest absolute Gasteiger partial charge is 0.418 e. The number of benzene rings is 1. The number of alkyl halides is 3. The maximum Gasteiger partial charge on any atom is 0.418 e. The van der Waals surface area contributed by atoms with E-state index in [-0.39, 0.29) is 18.1 Å². The number of amides is 2. The number of rotatable bonds is 5. The van der Waals surface area contributed by atoms with Crippen LogP contribution in [0.1, 0.15) is 25.8 Å². The molecule has 0 bridgehead atoms. The van der Waals surface area contributed by atoms with Crippen LogP contribution in [-0.4, -0.2) is 42.9 Å². The minimum atomic E-state index is -4.56. The maximum absolute atomic E-state index is 13.0. The van der Waals surface area contributed by atoms with Gasteiger partial charge in [0.25, 0.3) is 0 Å². The van der Waals surface area contributed by atoms with Gasteiger partial charge in [0.15, 0.2) is 0 Å². The lowest BCUT2D eigenvalue weighted by Gasteiger charge is -2.30. The van der Waals surface area contributed by atoms with Crippen molar-refractivity contribution < 1.29 is 22.8 Å². The molecule has 1 heterocycles. The highest BCUT2D eigenvalue weighted by Crippen LogP contribution is 2.34. The Bertz CT molecular complexity index is 640. The normalized spacial score (nSPS) is 20.4. The van der Waals surface area contributed by atoms with E-state index in [9.17, 15) is 22.8 Å². The van der Waals surface area contributed by atoms with Crippen molar-refractivity contribution in [2.24, 2.45) is 5.41 Å². The van der Waals surface area contributed by atoms with Gasteiger partial charge in [-0.1, -0.05) is 12.1 Å². The number of nitrogens with zero attached hydrogens (tertiary/aromatic N) is 1. The molecule has 1 aliphatic heterocycles. The average molecular weight is 357 g/mol. The van der Waals surface area contributed by atoms with Crippen LogP contribution in [-0.2, 0) is 15.8 Å². The van der Waals surface area contributed by atoms with Gasteiger partial charge in [-0.25, -0.2) is 0 Å². The summed E-state index contributed by atoms with van der Waals surface area (Å²) in [5.74, 6) is -0.819. The van der Waals surface area contributed by atoms with Crippen molar-refractivity contribution >= 4 is 17.5 Å². The van der Waals surface area contributed by atoms with E-state index in [1.165, 1.54) is 23.1 Å². The van der Waals surface area contributed by atoms with Gasteiger partial charge in [-0.05, 0) is 38.9 Å². The van der Waals surface area contributed by atoms with Crippen molar-refractivity contribution in [3.8, 4) is 0 Å². The molecule has 1 unspecified atom stereocenters. The van der Waals surface area contributed by atoms with Crippen molar-refractivity contribution in [2.45, 2.75) is 26.4 Å². The Morgan fingerprint density at radius 3 is 2.56 bits per heavy atom. The first kappa shape index (κ1) is 19.2. The predicted octanol–water partition coefficient (Wildman–Crippen LogP) is 2.49. The molecule has 0 aromatic heterocycles. The number of hydrogen-bond acceptors (Lipinski definition) is 3. The highest BCUT2D eigenvalue weighted by atomic mass is 19.4. The molecular formula is C17H22F3N3O2. The Hall–Kier alpha value is -2.09. The van der Waals surface area contributed by atoms with Crippen molar-refractivity contribution in [3.63, 3.8) is 0 Å². The first-order chi connectivity index (χ1) is 11.7. The fourth-order valence-corrected chi connectivity index (χ4v) is 2.91. The van der Waals surface area contributed by atoms with Gasteiger partial charge in [-0.3, -0.25) is 9.59 Å². The molecule has 1 atom stereocenters. The summed E-state index contributed by atoms with van der Waals surface area (Å²) >= 11 is 0. The van der Waals surface area contributed by atoms with Crippen molar-refractivity contribution in [2.75, 3.05) is 31.5 Å². The molecule has 1 saturated heterocycles. The topological polar surface area (TPSA) is 61.4 Å².